The maximum absolute atomic E-state index is 14.5. The normalized spacial score (nSPS) is 14.0. The summed E-state index contributed by atoms with van der Waals surface area (Å²) in [4.78, 5) is 17.6. The van der Waals surface area contributed by atoms with E-state index in [-0.39, 0.29) is 28.9 Å². The second kappa shape index (κ2) is 19.8. The SMILES string of the molecule is CN(Cc1cccc(-c2cnc(NNCc3cccc(S(=O)(=O)N(Cc4ccccc4)C4CCCc5ccccc54)c3)nc2)c1)S(=O)(=O)c1cccc(CNNc2ncccn2)c1. The van der Waals surface area contributed by atoms with Crippen molar-refractivity contribution in [1.82, 2.24) is 39.4 Å². The predicted molar refractivity (Wildman–Crippen MR) is 243 cm³/mol. The van der Waals surface area contributed by atoms with E-state index in [4.69, 9.17) is 0 Å². The summed E-state index contributed by atoms with van der Waals surface area (Å²) in [6, 6.07) is 40.8. The lowest BCUT2D eigenvalue weighted by Gasteiger charge is -2.35. The van der Waals surface area contributed by atoms with Gasteiger partial charge in [0.15, 0.2) is 0 Å². The Bertz CT molecular complexity index is 2850. The summed E-state index contributed by atoms with van der Waals surface area (Å²) in [7, 11) is -6.13. The second-order valence-electron chi connectivity index (χ2n) is 15.2. The minimum Gasteiger partial charge on any atom is -0.289 e. The molecule has 8 rings (SSSR count). The molecule has 2 heterocycles. The molecule has 5 aromatic carbocycles. The molecule has 0 bridgehead atoms. The second-order valence-corrected chi connectivity index (χ2v) is 19.2. The molecule has 4 N–H and O–H groups in total. The molecular formula is C47H48N10O4S2. The third kappa shape index (κ3) is 10.6. The molecule has 0 saturated heterocycles. The van der Waals surface area contributed by atoms with Crippen molar-refractivity contribution in [3.8, 4) is 11.1 Å². The highest BCUT2D eigenvalue weighted by Gasteiger charge is 2.35. The number of benzene rings is 5. The number of aryl methyl sites for hydroxylation is 1. The molecule has 1 atom stereocenters. The molecule has 322 valence electrons. The van der Waals surface area contributed by atoms with E-state index in [1.54, 1.807) is 78.6 Å². The van der Waals surface area contributed by atoms with Crippen LogP contribution in [0.4, 0.5) is 11.9 Å². The van der Waals surface area contributed by atoms with Crippen molar-refractivity contribution in [2.24, 2.45) is 0 Å². The van der Waals surface area contributed by atoms with Crippen LogP contribution in [0, 0.1) is 0 Å². The first-order chi connectivity index (χ1) is 30.6. The van der Waals surface area contributed by atoms with E-state index in [1.807, 2.05) is 78.9 Å². The van der Waals surface area contributed by atoms with E-state index in [2.05, 4.69) is 53.8 Å². The summed E-state index contributed by atoms with van der Waals surface area (Å²) < 4.78 is 59.3. The van der Waals surface area contributed by atoms with Crippen molar-refractivity contribution in [1.29, 1.82) is 0 Å². The first kappa shape index (κ1) is 43.3. The van der Waals surface area contributed by atoms with Gasteiger partial charge in [0.25, 0.3) is 0 Å². The number of rotatable bonds is 18. The van der Waals surface area contributed by atoms with Gasteiger partial charge in [-0.15, -0.1) is 0 Å². The van der Waals surface area contributed by atoms with E-state index in [0.29, 0.717) is 25.0 Å². The lowest BCUT2D eigenvalue weighted by atomic mass is 9.87. The highest BCUT2D eigenvalue weighted by Crippen LogP contribution is 2.38. The fourth-order valence-electron chi connectivity index (χ4n) is 7.65. The standard InChI is InChI=1S/C47H48N10O4S2/c1-56(62(58,59)42-20-8-14-36(27-42)29-52-54-46-48-24-11-25-49-46)33-38-16-7-19-40(26-38)41-31-50-47(51-32-41)55-53-30-37-15-9-21-43(28-37)63(60,61)57(34-35-12-3-2-4-13-35)45-23-10-18-39-17-5-6-22-44(39)45/h2-9,11-17,19-22,24-28,31-32,45,52-53H,10,18,23,29-30,33-34H2,1H3,(H,48,49,54)(H,50,51,55). The van der Waals surface area contributed by atoms with Gasteiger partial charge in [-0.2, -0.15) is 8.61 Å². The van der Waals surface area contributed by atoms with Crippen LogP contribution in [0.3, 0.4) is 0 Å². The van der Waals surface area contributed by atoms with Crippen molar-refractivity contribution in [3.63, 3.8) is 0 Å². The molecule has 2 aromatic heterocycles. The van der Waals surface area contributed by atoms with Gasteiger partial charge in [0, 0.05) is 63.6 Å². The van der Waals surface area contributed by atoms with E-state index >= 15 is 0 Å². The average Bonchev–Trinajstić information content (AvgIpc) is 3.32. The van der Waals surface area contributed by atoms with Crippen LogP contribution in [0.15, 0.2) is 168 Å². The van der Waals surface area contributed by atoms with Crippen LogP contribution in [0.1, 0.15) is 52.3 Å². The van der Waals surface area contributed by atoms with Gasteiger partial charge >= 0.3 is 0 Å². The van der Waals surface area contributed by atoms with E-state index in [9.17, 15) is 16.8 Å². The number of sulfonamides is 2. The number of aromatic nitrogens is 4. The molecule has 0 amide bonds. The number of nitrogens with zero attached hydrogens (tertiary/aromatic N) is 6. The fourth-order valence-corrected chi connectivity index (χ4v) is 10.6. The van der Waals surface area contributed by atoms with Crippen molar-refractivity contribution in [2.75, 3.05) is 17.9 Å². The Hall–Kier alpha value is -6.40. The molecule has 14 nitrogen and oxygen atoms in total. The fraction of sp³-hybridized carbons (Fsp3) is 0.191. The van der Waals surface area contributed by atoms with Crippen LogP contribution in [0.5, 0.6) is 0 Å². The zero-order chi connectivity index (χ0) is 43.7. The zero-order valence-electron chi connectivity index (χ0n) is 34.7. The third-order valence-corrected chi connectivity index (χ3v) is 14.5. The Labute approximate surface area is 368 Å². The van der Waals surface area contributed by atoms with Gasteiger partial charge in [0.1, 0.15) is 0 Å². The zero-order valence-corrected chi connectivity index (χ0v) is 36.3. The van der Waals surface area contributed by atoms with Crippen LogP contribution in [0.2, 0.25) is 0 Å². The molecular weight excluding hydrogens is 833 g/mol. The molecule has 0 radical (unpaired) electrons. The van der Waals surface area contributed by atoms with Gasteiger partial charge in [-0.05, 0) is 94.6 Å². The van der Waals surface area contributed by atoms with Crippen LogP contribution in [-0.4, -0.2) is 52.4 Å². The maximum atomic E-state index is 14.5. The Morgan fingerprint density at radius 1 is 0.571 bits per heavy atom. The monoisotopic (exact) mass is 880 g/mol. The predicted octanol–water partition coefficient (Wildman–Crippen LogP) is 7.26. The summed E-state index contributed by atoms with van der Waals surface area (Å²) in [5.74, 6) is 0.741. The molecule has 0 spiro atoms. The molecule has 63 heavy (non-hydrogen) atoms. The van der Waals surface area contributed by atoms with E-state index < -0.39 is 20.0 Å². The first-order valence-electron chi connectivity index (χ1n) is 20.6. The van der Waals surface area contributed by atoms with Gasteiger partial charge in [-0.1, -0.05) is 97.1 Å². The molecule has 1 unspecified atom stereocenters. The van der Waals surface area contributed by atoms with Crippen LogP contribution in [0.25, 0.3) is 11.1 Å². The minimum absolute atomic E-state index is 0.151. The van der Waals surface area contributed by atoms with Gasteiger partial charge in [0.2, 0.25) is 31.9 Å². The smallest absolute Gasteiger partial charge is 0.243 e. The average molecular weight is 881 g/mol. The topological polar surface area (TPSA) is 174 Å². The number of hydrogen-bond donors (Lipinski definition) is 4. The lowest BCUT2D eigenvalue weighted by Crippen LogP contribution is -2.36. The molecule has 0 aliphatic heterocycles. The number of fused-ring (bicyclic) bond motifs is 1. The summed E-state index contributed by atoms with van der Waals surface area (Å²) in [6.45, 7) is 1.08. The highest BCUT2D eigenvalue weighted by molar-refractivity contribution is 7.89. The Balaban J connectivity index is 0.881. The van der Waals surface area contributed by atoms with Crippen molar-refractivity contribution in [2.45, 2.75) is 61.3 Å². The van der Waals surface area contributed by atoms with Gasteiger partial charge in [0.05, 0.1) is 15.8 Å². The molecule has 1 aliphatic carbocycles. The van der Waals surface area contributed by atoms with Crippen molar-refractivity contribution < 1.29 is 16.8 Å². The summed E-state index contributed by atoms with van der Waals surface area (Å²) in [5.41, 5.74) is 19.2. The Morgan fingerprint density at radius 3 is 1.86 bits per heavy atom. The molecule has 0 saturated carbocycles. The van der Waals surface area contributed by atoms with Gasteiger partial charge in [-0.25, -0.2) is 47.6 Å². The number of nitrogens with one attached hydrogen (secondary N) is 4. The van der Waals surface area contributed by atoms with Gasteiger partial charge in [-0.3, -0.25) is 10.9 Å². The summed E-state index contributed by atoms with van der Waals surface area (Å²) in [6.07, 6.45) is 9.22. The van der Waals surface area contributed by atoms with Gasteiger partial charge < -0.3 is 0 Å². The van der Waals surface area contributed by atoms with Crippen LogP contribution < -0.4 is 21.7 Å². The van der Waals surface area contributed by atoms with Crippen LogP contribution in [-0.2, 0) is 52.6 Å². The quantitative estimate of drug-likeness (QED) is 0.0637. The number of anilines is 2. The van der Waals surface area contributed by atoms with Crippen LogP contribution >= 0.6 is 0 Å². The largest absolute Gasteiger partial charge is 0.289 e. The maximum Gasteiger partial charge on any atom is 0.243 e. The molecule has 7 aromatic rings. The first-order valence-corrected chi connectivity index (χ1v) is 23.5. The number of hydrogen-bond acceptors (Lipinski definition) is 12. The summed E-state index contributed by atoms with van der Waals surface area (Å²) in [5, 5.41) is 0. The molecule has 0 fully saturated rings. The summed E-state index contributed by atoms with van der Waals surface area (Å²) >= 11 is 0. The Kier molecular flexibility index (Phi) is 13.6. The molecule has 1 aliphatic rings. The Morgan fingerprint density at radius 2 is 1.16 bits per heavy atom. The van der Waals surface area contributed by atoms with Crippen molar-refractivity contribution >= 4 is 31.9 Å². The van der Waals surface area contributed by atoms with E-state index in [1.165, 1.54) is 9.87 Å². The minimum atomic E-state index is -3.89. The molecule has 16 heteroatoms. The number of hydrazine groups is 2. The highest BCUT2D eigenvalue weighted by atomic mass is 32.2. The third-order valence-electron chi connectivity index (χ3n) is 10.8. The van der Waals surface area contributed by atoms with E-state index in [0.717, 1.165) is 58.2 Å². The van der Waals surface area contributed by atoms with Crippen molar-refractivity contribution in [3.05, 3.63) is 192 Å². The lowest BCUT2D eigenvalue weighted by molar-refractivity contribution is 0.287.